The lowest BCUT2D eigenvalue weighted by molar-refractivity contribution is 0.476. The number of aromatic nitrogens is 2. The van der Waals surface area contributed by atoms with Gasteiger partial charge in [0.15, 0.2) is 0 Å². The number of hydrogen-bond donors (Lipinski definition) is 2. The summed E-state index contributed by atoms with van der Waals surface area (Å²) in [4.78, 5) is 6.42. The van der Waals surface area contributed by atoms with Gasteiger partial charge >= 0.3 is 10.1 Å². The highest BCUT2D eigenvalue weighted by molar-refractivity contribution is 7.85. The van der Waals surface area contributed by atoms with E-state index >= 15 is 0 Å². The van der Waals surface area contributed by atoms with Crippen LogP contribution in [0.5, 0.6) is 0 Å². The van der Waals surface area contributed by atoms with E-state index in [1.165, 1.54) is 0 Å². The van der Waals surface area contributed by atoms with Crippen molar-refractivity contribution in [2.45, 2.75) is 5.16 Å². The molecular weight excluding hydrogens is 264 g/mol. The van der Waals surface area contributed by atoms with Gasteiger partial charge in [-0.05, 0) is 23.3 Å². The zero-order valence-electron chi connectivity index (χ0n) is 9.74. The Labute approximate surface area is 109 Å². The van der Waals surface area contributed by atoms with Crippen molar-refractivity contribution in [2.75, 3.05) is 0 Å². The van der Waals surface area contributed by atoms with E-state index in [4.69, 9.17) is 4.55 Å². The van der Waals surface area contributed by atoms with Gasteiger partial charge in [0.1, 0.15) is 0 Å². The fraction of sp³-hybridized carbons (Fsp3) is 0. The number of benzene rings is 2. The van der Waals surface area contributed by atoms with E-state index in [1.54, 1.807) is 12.1 Å². The Kier molecular flexibility index (Phi) is 2.62. The second kappa shape index (κ2) is 4.18. The smallest absolute Gasteiger partial charge is 0.327 e. The summed E-state index contributed by atoms with van der Waals surface area (Å²) in [6.45, 7) is 0. The Hall–Kier alpha value is -2.18. The summed E-state index contributed by atoms with van der Waals surface area (Å²) < 4.78 is 31.0. The highest BCUT2D eigenvalue weighted by atomic mass is 32.2. The Balaban J connectivity index is 2.17. The number of imidazole rings is 1. The SMILES string of the molecule is O=S(=O)(O)c1nc2ccc(-c3ccccc3)cc2[nH]1. The van der Waals surface area contributed by atoms with Crippen LogP contribution in [0, 0.1) is 0 Å². The molecule has 6 heteroatoms. The number of nitrogens with one attached hydrogen (secondary N) is 1. The van der Waals surface area contributed by atoms with Gasteiger partial charge in [-0.3, -0.25) is 4.55 Å². The maximum Gasteiger partial charge on any atom is 0.328 e. The molecule has 0 unspecified atom stereocenters. The Morgan fingerprint density at radius 2 is 1.74 bits per heavy atom. The van der Waals surface area contributed by atoms with Crippen LogP contribution in [0.4, 0.5) is 0 Å². The molecule has 2 N–H and O–H groups in total. The van der Waals surface area contributed by atoms with Crippen LogP contribution in [0.2, 0.25) is 0 Å². The summed E-state index contributed by atoms with van der Waals surface area (Å²) >= 11 is 0. The monoisotopic (exact) mass is 274 g/mol. The molecule has 1 aromatic heterocycles. The lowest BCUT2D eigenvalue weighted by atomic mass is 10.1. The average Bonchev–Trinajstić information content (AvgIpc) is 2.82. The van der Waals surface area contributed by atoms with Crippen LogP contribution in [-0.4, -0.2) is 22.9 Å². The molecule has 0 saturated heterocycles. The van der Waals surface area contributed by atoms with Gasteiger partial charge < -0.3 is 4.98 Å². The summed E-state index contributed by atoms with van der Waals surface area (Å²) in [6, 6.07) is 15.1. The van der Waals surface area contributed by atoms with Crippen molar-refractivity contribution in [3.63, 3.8) is 0 Å². The van der Waals surface area contributed by atoms with Gasteiger partial charge in [0.2, 0.25) is 0 Å². The molecule has 0 atom stereocenters. The first kappa shape index (κ1) is 11.9. The van der Waals surface area contributed by atoms with Crippen LogP contribution in [0.3, 0.4) is 0 Å². The van der Waals surface area contributed by atoms with Crippen LogP contribution in [0.15, 0.2) is 53.7 Å². The minimum atomic E-state index is -4.31. The van der Waals surface area contributed by atoms with E-state index in [0.717, 1.165) is 11.1 Å². The molecule has 0 saturated carbocycles. The summed E-state index contributed by atoms with van der Waals surface area (Å²) in [5.74, 6) is 0. The molecule has 5 nitrogen and oxygen atoms in total. The van der Waals surface area contributed by atoms with E-state index in [1.807, 2.05) is 36.4 Å². The molecule has 0 aliphatic heterocycles. The molecule has 2 aromatic carbocycles. The first-order chi connectivity index (χ1) is 9.04. The lowest BCUT2D eigenvalue weighted by Crippen LogP contribution is -1.99. The quantitative estimate of drug-likeness (QED) is 0.703. The zero-order valence-corrected chi connectivity index (χ0v) is 10.6. The molecule has 0 spiro atoms. The van der Waals surface area contributed by atoms with Crippen molar-refractivity contribution in [2.24, 2.45) is 0 Å². The number of H-pyrrole nitrogens is 1. The molecule has 19 heavy (non-hydrogen) atoms. The minimum absolute atomic E-state index is 0.437. The summed E-state index contributed by atoms with van der Waals surface area (Å²) in [7, 11) is -4.31. The van der Waals surface area contributed by atoms with Crippen LogP contribution in [-0.2, 0) is 10.1 Å². The van der Waals surface area contributed by atoms with E-state index in [0.29, 0.717) is 11.0 Å². The third-order valence-corrected chi connectivity index (χ3v) is 3.49. The molecular formula is C13H10N2O3S. The summed E-state index contributed by atoms with van der Waals surface area (Å²) in [5.41, 5.74) is 3.02. The predicted octanol–water partition coefficient (Wildman–Crippen LogP) is 2.48. The molecule has 0 aliphatic rings. The normalized spacial score (nSPS) is 11.8. The standard InChI is InChI=1S/C13H10N2O3S/c16-19(17,18)13-14-11-7-6-10(8-12(11)15-13)9-4-2-1-3-5-9/h1-8H,(H,14,15)(H,16,17,18). The fourth-order valence-electron chi connectivity index (χ4n) is 1.92. The van der Waals surface area contributed by atoms with E-state index < -0.39 is 15.3 Å². The van der Waals surface area contributed by atoms with Crippen molar-refractivity contribution in [3.8, 4) is 11.1 Å². The van der Waals surface area contributed by atoms with E-state index in [-0.39, 0.29) is 0 Å². The van der Waals surface area contributed by atoms with Gasteiger partial charge in [0.05, 0.1) is 11.0 Å². The second-order valence-corrected chi connectivity index (χ2v) is 5.45. The minimum Gasteiger partial charge on any atom is -0.327 e. The summed E-state index contributed by atoms with van der Waals surface area (Å²) in [5, 5.41) is -0.437. The van der Waals surface area contributed by atoms with Crippen LogP contribution < -0.4 is 0 Å². The number of aromatic amines is 1. The van der Waals surface area contributed by atoms with Crippen molar-refractivity contribution < 1.29 is 13.0 Å². The molecule has 1 heterocycles. The molecule has 96 valence electrons. The molecule has 3 aromatic rings. The molecule has 0 bridgehead atoms. The van der Waals surface area contributed by atoms with Gasteiger partial charge in [-0.2, -0.15) is 8.42 Å². The van der Waals surface area contributed by atoms with Crippen molar-refractivity contribution in [1.29, 1.82) is 0 Å². The lowest BCUT2D eigenvalue weighted by Gasteiger charge is -2.00. The molecule has 0 fully saturated rings. The zero-order chi connectivity index (χ0) is 13.5. The van der Waals surface area contributed by atoms with Crippen molar-refractivity contribution >= 4 is 21.2 Å². The van der Waals surface area contributed by atoms with Crippen molar-refractivity contribution in [3.05, 3.63) is 48.5 Å². The maximum atomic E-state index is 11.0. The van der Waals surface area contributed by atoms with E-state index in [9.17, 15) is 8.42 Å². The largest absolute Gasteiger partial charge is 0.328 e. The Morgan fingerprint density at radius 3 is 2.42 bits per heavy atom. The van der Waals surface area contributed by atoms with Crippen LogP contribution in [0.25, 0.3) is 22.2 Å². The van der Waals surface area contributed by atoms with Crippen molar-refractivity contribution in [1.82, 2.24) is 9.97 Å². The Bertz CT molecular complexity index is 839. The van der Waals surface area contributed by atoms with E-state index in [2.05, 4.69) is 9.97 Å². The summed E-state index contributed by atoms with van der Waals surface area (Å²) in [6.07, 6.45) is 0. The van der Waals surface area contributed by atoms with Crippen LogP contribution in [0.1, 0.15) is 0 Å². The first-order valence-electron chi connectivity index (χ1n) is 5.57. The average molecular weight is 274 g/mol. The highest BCUT2D eigenvalue weighted by Crippen LogP contribution is 2.23. The number of hydrogen-bond acceptors (Lipinski definition) is 3. The fourth-order valence-corrected chi connectivity index (χ4v) is 2.37. The van der Waals surface area contributed by atoms with Gasteiger partial charge in [-0.25, -0.2) is 4.98 Å². The third-order valence-electron chi connectivity index (χ3n) is 2.81. The number of fused-ring (bicyclic) bond motifs is 1. The molecule has 0 aliphatic carbocycles. The molecule has 0 radical (unpaired) electrons. The maximum absolute atomic E-state index is 11.0. The van der Waals surface area contributed by atoms with Gasteiger partial charge in [0.25, 0.3) is 5.16 Å². The highest BCUT2D eigenvalue weighted by Gasteiger charge is 2.15. The van der Waals surface area contributed by atoms with Crippen LogP contribution >= 0.6 is 0 Å². The molecule has 0 amide bonds. The number of nitrogens with zero attached hydrogens (tertiary/aromatic N) is 1. The first-order valence-corrected chi connectivity index (χ1v) is 7.01. The number of rotatable bonds is 2. The topological polar surface area (TPSA) is 83.1 Å². The third kappa shape index (κ3) is 2.23. The van der Waals surface area contributed by atoms with Gasteiger partial charge in [-0.15, -0.1) is 0 Å². The van der Waals surface area contributed by atoms with Gasteiger partial charge in [0, 0.05) is 0 Å². The van der Waals surface area contributed by atoms with Gasteiger partial charge in [-0.1, -0.05) is 36.4 Å². The molecule has 3 rings (SSSR count). The predicted molar refractivity (Wildman–Crippen MR) is 71.3 cm³/mol. The second-order valence-electron chi connectivity index (χ2n) is 4.11. The Morgan fingerprint density at radius 1 is 1.00 bits per heavy atom.